The summed E-state index contributed by atoms with van der Waals surface area (Å²) in [5, 5.41) is 6.20. The number of carbonyl (C=O) groups excluding carboxylic acids is 2. The summed E-state index contributed by atoms with van der Waals surface area (Å²) in [6.07, 6.45) is 0.0696. The molecule has 0 saturated carbocycles. The van der Waals surface area contributed by atoms with E-state index in [4.69, 9.17) is 9.26 Å². The summed E-state index contributed by atoms with van der Waals surface area (Å²) in [5.74, 6) is -0.881. The van der Waals surface area contributed by atoms with Crippen LogP contribution in [0.25, 0.3) is 11.4 Å². The Morgan fingerprint density at radius 2 is 1.80 bits per heavy atom. The number of nitrogens with zero attached hydrogens (tertiary/aromatic N) is 2. The zero-order valence-electron chi connectivity index (χ0n) is 15.6. The number of aryl methyl sites for hydroxylation is 1. The van der Waals surface area contributed by atoms with Gasteiger partial charge in [-0.15, -0.1) is 0 Å². The van der Waals surface area contributed by atoms with Crippen LogP contribution >= 0.6 is 0 Å². The molecule has 8 nitrogen and oxygen atoms in total. The van der Waals surface area contributed by atoms with Crippen LogP contribution in [0, 0.1) is 0 Å². The van der Waals surface area contributed by atoms with Crippen LogP contribution in [0.5, 0.6) is 5.75 Å². The number of esters is 1. The van der Waals surface area contributed by atoms with E-state index in [1.165, 1.54) is 24.3 Å². The predicted octanol–water partition coefficient (Wildman–Crippen LogP) is 3.45. The van der Waals surface area contributed by atoms with E-state index in [0.29, 0.717) is 5.82 Å². The van der Waals surface area contributed by atoms with Gasteiger partial charge in [0, 0.05) is 12.0 Å². The fourth-order valence-corrected chi connectivity index (χ4v) is 2.44. The number of amides is 1. The molecule has 3 rings (SSSR count). The molecule has 0 saturated heterocycles. The number of ether oxygens (including phenoxy) is 2. The predicted molar refractivity (Wildman–Crippen MR) is 101 cm³/mol. The molecule has 3 aromatic rings. The maximum absolute atomic E-state index is 12.4. The van der Waals surface area contributed by atoms with Gasteiger partial charge in [-0.25, -0.2) is 0 Å². The second-order valence-electron chi connectivity index (χ2n) is 5.96. The molecule has 0 radical (unpaired) electrons. The molecule has 156 valence electrons. The van der Waals surface area contributed by atoms with E-state index in [2.05, 4.69) is 20.2 Å². The first kappa shape index (κ1) is 20.9. The summed E-state index contributed by atoms with van der Waals surface area (Å²) in [5.41, 5.74) is 0.820. The molecule has 1 aromatic heterocycles. The minimum absolute atomic E-state index is 0.0400. The van der Waals surface area contributed by atoms with E-state index in [-0.39, 0.29) is 30.2 Å². The van der Waals surface area contributed by atoms with E-state index in [0.717, 1.165) is 5.56 Å². The Morgan fingerprint density at radius 1 is 1.07 bits per heavy atom. The molecule has 0 fully saturated rings. The van der Waals surface area contributed by atoms with E-state index in [1.54, 1.807) is 0 Å². The van der Waals surface area contributed by atoms with Crippen molar-refractivity contribution in [3.63, 3.8) is 0 Å². The molecule has 10 heteroatoms. The van der Waals surface area contributed by atoms with Crippen LogP contribution in [-0.2, 0) is 20.7 Å². The van der Waals surface area contributed by atoms with Gasteiger partial charge >= 0.3 is 12.6 Å². The number of halogens is 2. The number of alkyl halides is 2. The molecular weight excluding hydrogens is 400 g/mol. The third-order valence-electron chi connectivity index (χ3n) is 3.78. The molecular formula is C20H17F2N3O5. The third kappa shape index (κ3) is 6.09. The number of rotatable bonds is 9. The first-order valence-corrected chi connectivity index (χ1v) is 8.88. The quantitative estimate of drug-likeness (QED) is 0.532. The molecule has 0 atom stereocenters. The van der Waals surface area contributed by atoms with Crippen LogP contribution in [0.15, 0.2) is 59.1 Å². The van der Waals surface area contributed by atoms with Crippen LogP contribution in [0.1, 0.15) is 12.3 Å². The van der Waals surface area contributed by atoms with Crippen molar-refractivity contribution in [3.8, 4) is 17.1 Å². The molecule has 0 aliphatic rings. The highest BCUT2D eigenvalue weighted by atomic mass is 19.3. The van der Waals surface area contributed by atoms with Gasteiger partial charge in [0.1, 0.15) is 5.75 Å². The Bertz CT molecular complexity index is 995. The minimum atomic E-state index is -3.03. The minimum Gasteiger partial charge on any atom is -0.456 e. The summed E-state index contributed by atoms with van der Waals surface area (Å²) < 4.78 is 39.1. The lowest BCUT2D eigenvalue weighted by atomic mass is 10.2. The number of para-hydroxylation sites is 2. The van der Waals surface area contributed by atoms with Crippen molar-refractivity contribution >= 4 is 17.6 Å². The standard InChI is InChI=1S/C20H17F2N3O5/c21-20(22)29-15-9-5-4-8-14(15)23-16(26)12-28-18(27)11-10-17-24-19(25-30-17)13-6-2-1-3-7-13/h1-9,20H,10-12H2,(H,23,26). The van der Waals surface area contributed by atoms with Crippen molar-refractivity contribution in [3.05, 3.63) is 60.5 Å². The van der Waals surface area contributed by atoms with Crippen molar-refractivity contribution in [2.24, 2.45) is 0 Å². The Kier molecular flexibility index (Phi) is 7.04. The number of anilines is 1. The molecule has 30 heavy (non-hydrogen) atoms. The van der Waals surface area contributed by atoms with Gasteiger partial charge in [-0.2, -0.15) is 13.8 Å². The first-order chi connectivity index (χ1) is 14.5. The summed E-state index contributed by atoms with van der Waals surface area (Å²) in [7, 11) is 0. The van der Waals surface area contributed by atoms with E-state index in [9.17, 15) is 18.4 Å². The van der Waals surface area contributed by atoms with Crippen molar-refractivity contribution in [2.45, 2.75) is 19.5 Å². The van der Waals surface area contributed by atoms with Crippen molar-refractivity contribution in [1.29, 1.82) is 0 Å². The zero-order chi connectivity index (χ0) is 21.3. The van der Waals surface area contributed by atoms with Gasteiger partial charge in [-0.1, -0.05) is 47.6 Å². The first-order valence-electron chi connectivity index (χ1n) is 8.88. The highest BCUT2D eigenvalue weighted by Gasteiger charge is 2.14. The van der Waals surface area contributed by atoms with Gasteiger partial charge in [-0.05, 0) is 12.1 Å². The highest BCUT2D eigenvalue weighted by molar-refractivity contribution is 5.94. The Morgan fingerprint density at radius 3 is 2.57 bits per heavy atom. The molecule has 0 aliphatic carbocycles. The average Bonchev–Trinajstić information content (AvgIpc) is 3.22. The topological polar surface area (TPSA) is 104 Å². The van der Waals surface area contributed by atoms with E-state index >= 15 is 0 Å². The maximum Gasteiger partial charge on any atom is 0.387 e. The Labute approximate surface area is 169 Å². The van der Waals surface area contributed by atoms with Crippen molar-refractivity contribution in [2.75, 3.05) is 11.9 Å². The number of hydrogen-bond acceptors (Lipinski definition) is 7. The average molecular weight is 417 g/mol. The number of benzene rings is 2. The smallest absolute Gasteiger partial charge is 0.387 e. The number of carbonyl (C=O) groups is 2. The molecule has 0 unspecified atom stereocenters. The van der Waals surface area contributed by atoms with Gasteiger partial charge in [0.05, 0.1) is 12.1 Å². The fourth-order valence-electron chi connectivity index (χ4n) is 2.44. The Hall–Kier alpha value is -3.82. The molecule has 1 heterocycles. The maximum atomic E-state index is 12.4. The molecule has 0 aliphatic heterocycles. The van der Waals surface area contributed by atoms with Crippen LogP contribution in [0.2, 0.25) is 0 Å². The van der Waals surface area contributed by atoms with Gasteiger partial charge < -0.3 is 19.3 Å². The summed E-state index contributed by atoms with van der Waals surface area (Å²) in [4.78, 5) is 28.0. The van der Waals surface area contributed by atoms with Crippen LogP contribution in [0.4, 0.5) is 14.5 Å². The van der Waals surface area contributed by atoms with Crippen LogP contribution in [-0.4, -0.2) is 35.2 Å². The lowest BCUT2D eigenvalue weighted by molar-refractivity contribution is -0.147. The van der Waals surface area contributed by atoms with E-state index in [1.807, 2.05) is 30.3 Å². The Balaban J connectivity index is 1.44. The summed E-state index contributed by atoms with van der Waals surface area (Å²) in [6, 6.07) is 14.9. The number of nitrogens with one attached hydrogen (secondary N) is 1. The summed E-state index contributed by atoms with van der Waals surface area (Å²) in [6.45, 7) is -3.62. The molecule has 1 N–H and O–H groups in total. The number of aromatic nitrogens is 2. The van der Waals surface area contributed by atoms with Crippen molar-refractivity contribution in [1.82, 2.24) is 10.1 Å². The lowest BCUT2D eigenvalue weighted by Gasteiger charge is -2.11. The second-order valence-corrected chi connectivity index (χ2v) is 5.96. The monoisotopic (exact) mass is 417 g/mol. The van der Waals surface area contributed by atoms with Gasteiger partial charge in [0.2, 0.25) is 11.7 Å². The third-order valence-corrected chi connectivity index (χ3v) is 3.78. The molecule has 0 bridgehead atoms. The van der Waals surface area contributed by atoms with Crippen molar-refractivity contribution < 1.29 is 32.4 Å². The largest absolute Gasteiger partial charge is 0.456 e. The zero-order valence-corrected chi connectivity index (χ0v) is 15.6. The van der Waals surface area contributed by atoms with Gasteiger partial charge in [0.15, 0.2) is 6.61 Å². The summed E-state index contributed by atoms with van der Waals surface area (Å²) >= 11 is 0. The lowest BCUT2D eigenvalue weighted by Crippen LogP contribution is -2.21. The fraction of sp³-hybridized carbons (Fsp3) is 0.200. The molecule has 0 spiro atoms. The van der Waals surface area contributed by atoms with E-state index < -0.39 is 25.1 Å². The number of hydrogen-bond donors (Lipinski definition) is 1. The van der Waals surface area contributed by atoms with Crippen LogP contribution < -0.4 is 10.1 Å². The van der Waals surface area contributed by atoms with Gasteiger partial charge in [0.25, 0.3) is 5.91 Å². The molecule has 2 aromatic carbocycles. The van der Waals surface area contributed by atoms with Gasteiger partial charge in [-0.3, -0.25) is 9.59 Å². The highest BCUT2D eigenvalue weighted by Crippen LogP contribution is 2.25. The SMILES string of the molecule is O=C(COC(=O)CCc1nc(-c2ccccc2)no1)Nc1ccccc1OC(F)F. The second kappa shape index (κ2) is 10.1. The molecule has 1 amide bonds. The van der Waals surface area contributed by atoms with Crippen LogP contribution in [0.3, 0.4) is 0 Å². The normalized spacial score (nSPS) is 10.6.